The van der Waals surface area contributed by atoms with Gasteiger partial charge in [-0.3, -0.25) is 0 Å². The molecule has 2 nitrogen and oxygen atoms in total. The van der Waals surface area contributed by atoms with Crippen molar-refractivity contribution in [3.05, 3.63) is 35.9 Å². The zero-order valence-electron chi connectivity index (χ0n) is 8.15. The van der Waals surface area contributed by atoms with Crippen molar-refractivity contribution in [2.45, 2.75) is 21.3 Å². The van der Waals surface area contributed by atoms with Crippen molar-refractivity contribution in [1.82, 2.24) is 0 Å². The molecule has 1 rings (SSSR count). The standard InChI is InChI=1S/C8H8O2P.C2H6.CH4/c1-11(10)8(9)7-5-3-2-4-6-7;1-2;/h2-6H,1H3;1-2H3;1H4/q+1;;. The number of hydrogen-bond donors (Lipinski definition) is 0. The first-order valence-electron chi connectivity index (χ1n) is 4.22. The van der Waals surface area contributed by atoms with Gasteiger partial charge in [0.25, 0.3) is 0 Å². The highest BCUT2D eigenvalue weighted by atomic mass is 31.1. The number of hydrogen-bond acceptors (Lipinski definition) is 2. The van der Waals surface area contributed by atoms with E-state index < -0.39 is 7.80 Å². The molecule has 1 aromatic carbocycles. The highest BCUT2D eigenvalue weighted by molar-refractivity contribution is 7.63. The quantitative estimate of drug-likeness (QED) is 0.697. The fourth-order valence-corrected chi connectivity index (χ4v) is 1.28. The maximum atomic E-state index is 11.1. The Labute approximate surface area is 87.1 Å². The van der Waals surface area contributed by atoms with Crippen molar-refractivity contribution in [2.75, 3.05) is 6.66 Å². The van der Waals surface area contributed by atoms with E-state index in [1.165, 1.54) is 6.66 Å². The Kier molecular flexibility index (Phi) is 9.48. The molecule has 0 heterocycles. The van der Waals surface area contributed by atoms with Crippen LogP contribution in [0.5, 0.6) is 0 Å². The summed E-state index contributed by atoms with van der Waals surface area (Å²) in [5.41, 5.74) is 0.247. The van der Waals surface area contributed by atoms with Crippen LogP contribution in [-0.2, 0) is 4.57 Å². The van der Waals surface area contributed by atoms with E-state index in [9.17, 15) is 9.36 Å². The Morgan fingerprint density at radius 1 is 1.14 bits per heavy atom. The second kappa shape index (κ2) is 8.58. The third-order valence-corrected chi connectivity index (χ3v) is 2.14. The molecule has 78 valence electrons. The average Bonchev–Trinajstić information content (AvgIpc) is 2.21. The van der Waals surface area contributed by atoms with Gasteiger partial charge in [-0.2, -0.15) is 0 Å². The fraction of sp³-hybridized carbons (Fsp3) is 0.364. The molecule has 3 heteroatoms. The largest absolute Gasteiger partial charge is 0.416 e. The van der Waals surface area contributed by atoms with E-state index >= 15 is 0 Å². The van der Waals surface area contributed by atoms with Crippen molar-refractivity contribution >= 4 is 13.3 Å². The van der Waals surface area contributed by atoms with Crippen LogP contribution in [0.25, 0.3) is 0 Å². The van der Waals surface area contributed by atoms with Crippen LogP contribution in [0.2, 0.25) is 0 Å². The Morgan fingerprint density at radius 3 is 1.93 bits per heavy atom. The lowest BCUT2D eigenvalue weighted by Crippen LogP contribution is -1.90. The summed E-state index contributed by atoms with van der Waals surface area (Å²) in [5, 5.41) is 0. The van der Waals surface area contributed by atoms with Crippen molar-refractivity contribution in [3.8, 4) is 0 Å². The SMILES string of the molecule is C.CC.C[P+](=O)C(=O)c1ccccc1. The zero-order chi connectivity index (χ0) is 10.3. The van der Waals surface area contributed by atoms with Crippen LogP contribution in [0.4, 0.5) is 0 Å². The Bertz CT molecular complexity index is 281. The Morgan fingerprint density at radius 2 is 1.57 bits per heavy atom. The smallest absolute Gasteiger partial charge is 0.234 e. The van der Waals surface area contributed by atoms with Crippen LogP contribution in [0, 0.1) is 0 Å². The van der Waals surface area contributed by atoms with Gasteiger partial charge in [0.05, 0.1) is 5.56 Å². The second-order valence-electron chi connectivity index (χ2n) is 2.17. The van der Waals surface area contributed by atoms with Gasteiger partial charge in [0, 0.05) is 0 Å². The third-order valence-electron chi connectivity index (χ3n) is 1.31. The van der Waals surface area contributed by atoms with Crippen LogP contribution in [0.15, 0.2) is 30.3 Å². The summed E-state index contributed by atoms with van der Waals surface area (Å²) in [7, 11) is -1.73. The molecule has 14 heavy (non-hydrogen) atoms. The molecule has 0 bridgehead atoms. The first-order valence-corrected chi connectivity index (χ1v) is 5.92. The third kappa shape index (κ3) is 4.88. The van der Waals surface area contributed by atoms with E-state index in [-0.39, 0.29) is 13.0 Å². The van der Waals surface area contributed by atoms with Gasteiger partial charge in [0.1, 0.15) is 6.66 Å². The van der Waals surface area contributed by atoms with E-state index in [1.807, 2.05) is 19.9 Å². The average molecular weight is 213 g/mol. The molecule has 0 radical (unpaired) electrons. The minimum absolute atomic E-state index is 0. The molecule has 0 aliphatic carbocycles. The lowest BCUT2D eigenvalue weighted by Gasteiger charge is -1.85. The summed E-state index contributed by atoms with van der Waals surface area (Å²) in [4.78, 5) is 11.1. The Balaban J connectivity index is 0. The van der Waals surface area contributed by atoms with Gasteiger partial charge in [-0.1, -0.05) is 44.0 Å². The first kappa shape index (κ1) is 15.5. The number of carbonyl (C=O) groups is 1. The lowest BCUT2D eigenvalue weighted by atomic mass is 10.2. The van der Waals surface area contributed by atoms with Crippen LogP contribution in [0.3, 0.4) is 0 Å². The zero-order valence-corrected chi connectivity index (χ0v) is 9.04. The molecule has 0 amide bonds. The van der Waals surface area contributed by atoms with E-state index in [4.69, 9.17) is 0 Å². The summed E-state index contributed by atoms with van der Waals surface area (Å²) >= 11 is 0. The molecule has 1 unspecified atom stereocenters. The monoisotopic (exact) mass is 213 g/mol. The molecule has 0 aromatic heterocycles. The van der Waals surface area contributed by atoms with Crippen molar-refractivity contribution in [1.29, 1.82) is 0 Å². The topological polar surface area (TPSA) is 34.1 Å². The van der Waals surface area contributed by atoms with E-state index in [0.29, 0.717) is 5.56 Å². The van der Waals surface area contributed by atoms with Crippen LogP contribution in [0.1, 0.15) is 31.6 Å². The van der Waals surface area contributed by atoms with Crippen molar-refractivity contribution < 1.29 is 9.36 Å². The van der Waals surface area contributed by atoms with E-state index in [1.54, 1.807) is 24.3 Å². The molecule has 0 N–H and O–H groups in total. The highest BCUT2D eigenvalue weighted by Gasteiger charge is 2.22. The van der Waals surface area contributed by atoms with Crippen molar-refractivity contribution in [3.63, 3.8) is 0 Å². The molecule has 0 spiro atoms. The van der Waals surface area contributed by atoms with Gasteiger partial charge < -0.3 is 0 Å². The first-order chi connectivity index (χ1) is 6.22. The normalized spacial score (nSPS) is 8.93. The predicted molar refractivity (Wildman–Crippen MR) is 62.4 cm³/mol. The maximum Gasteiger partial charge on any atom is 0.416 e. The molecule has 0 aliphatic rings. The summed E-state index contributed by atoms with van der Waals surface area (Å²) in [6.45, 7) is 5.42. The van der Waals surface area contributed by atoms with E-state index in [2.05, 4.69) is 0 Å². The molecule has 0 saturated carbocycles. The summed E-state index contributed by atoms with van der Waals surface area (Å²) < 4.78 is 10.7. The number of rotatable bonds is 2. The van der Waals surface area contributed by atoms with Gasteiger partial charge in [-0.15, -0.1) is 0 Å². The van der Waals surface area contributed by atoms with Crippen LogP contribution in [-0.4, -0.2) is 12.2 Å². The van der Waals surface area contributed by atoms with Crippen molar-refractivity contribution in [2.24, 2.45) is 0 Å². The Hall–Kier alpha value is -1.01. The summed E-state index contributed by atoms with van der Waals surface area (Å²) in [6, 6.07) is 8.66. The number of benzene rings is 1. The minimum Gasteiger partial charge on any atom is -0.234 e. The molecular weight excluding hydrogens is 195 g/mol. The van der Waals surface area contributed by atoms with E-state index in [0.717, 1.165) is 0 Å². The maximum absolute atomic E-state index is 11.1. The molecule has 0 aliphatic heterocycles. The molecule has 0 saturated heterocycles. The number of carbonyl (C=O) groups excluding carboxylic acids is 1. The van der Waals surface area contributed by atoms with Gasteiger partial charge in [0.2, 0.25) is 0 Å². The minimum atomic E-state index is -1.73. The fourth-order valence-electron chi connectivity index (χ4n) is 0.763. The highest BCUT2D eigenvalue weighted by Crippen LogP contribution is 2.21. The van der Waals surface area contributed by atoms with Gasteiger partial charge >= 0.3 is 13.3 Å². The molecule has 1 atom stereocenters. The molecule has 1 aromatic rings. The summed E-state index contributed by atoms with van der Waals surface area (Å²) in [6.07, 6.45) is 0. The van der Waals surface area contributed by atoms with Gasteiger partial charge in [-0.05, 0) is 12.1 Å². The lowest BCUT2D eigenvalue weighted by molar-refractivity contribution is 0.107. The predicted octanol–water partition coefficient (Wildman–Crippen LogP) is 3.95. The van der Waals surface area contributed by atoms with Crippen LogP contribution < -0.4 is 0 Å². The summed E-state index contributed by atoms with van der Waals surface area (Å²) in [5.74, 6) is 0. The second-order valence-corrected chi connectivity index (χ2v) is 3.57. The molecular formula is C11H18O2P+. The van der Waals surface area contributed by atoms with Gasteiger partial charge in [-0.25, -0.2) is 4.79 Å². The molecule has 0 fully saturated rings. The van der Waals surface area contributed by atoms with Crippen LogP contribution >= 0.6 is 7.80 Å². The van der Waals surface area contributed by atoms with Gasteiger partial charge in [0.15, 0.2) is 0 Å².